The summed E-state index contributed by atoms with van der Waals surface area (Å²) in [4.78, 5) is 0. The van der Waals surface area contributed by atoms with Crippen molar-refractivity contribution < 1.29 is 0 Å². The molecule has 2 unspecified atom stereocenters. The smallest absolute Gasteiger partial charge is 0.00445 e. The number of hydrogen-bond donors (Lipinski definition) is 0. The summed E-state index contributed by atoms with van der Waals surface area (Å²) in [5.41, 5.74) is 7.22. The largest absolute Gasteiger partial charge is 0.0810 e. The van der Waals surface area contributed by atoms with E-state index in [-0.39, 0.29) is 0 Å². The number of benzene rings is 1. The van der Waals surface area contributed by atoms with Crippen molar-refractivity contribution in [3.05, 3.63) is 58.7 Å². The number of allylic oxidation sites excluding steroid dienone is 4. The summed E-state index contributed by atoms with van der Waals surface area (Å²) in [7, 11) is 0. The molecule has 3 rings (SSSR count). The van der Waals surface area contributed by atoms with Gasteiger partial charge in [-0.05, 0) is 92.3 Å². The van der Waals surface area contributed by atoms with Crippen LogP contribution >= 0.6 is 0 Å². The Hall–Kier alpha value is -1.30. The summed E-state index contributed by atoms with van der Waals surface area (Å²) >= 11 is 0. The molecule has 0 saturated heterocycles. The van der Waals surface area contributed by atoms with Crippen LogP contribution in [0.1, 0.15) is 123 Å². The van der Waals surface area contributed by atoms with Gasteiger partial charge in [0.2, 0.25) is 0 Å². The van der Waals surface area contributed by atoms with Gasteiger partial charge in [0.15, 0.2) is 0 Å². The Kier molecular flexibility index (Phi) is 9.95. The molecule has 0 amide bonds. The summed E-state index contributed by atoms with van der Waals surface area (Å²) in [5.74, 6) is 0.756. The first-order chi connectivity index (χ1) is 15.1. The summed E-state index contributed by atoms with van der Waals surface area (Å²) in [6, 6.07) is 11.3. The standard InChI is InChI=1S/C31H48/c1-4-5-6-7-8-16-24-30-29(28-21-14-9-10-15-22-28)23-17-18-26(2)31(30,3)25-27-19-12-11-13-20-27/h11-13,19-21,26H,4-10,14-18,22-25H2,1-3H3. The van der Waals surface area contributed by atoms with Gasteiger partial charge in [-0.2, -0.15) is 0 Å². The summed E-state index contributed by atoms with van der Waals surface area (Å²) in [6.45, 7) is 7.49. The lowest BCUT2D eigenvalue weighted by Gasteiger charge is -2.39. The monoisotopic (exact) mass is 420 g/mol. The molecule has 31 heavy (non-hydrogen) atoms. The van der Waals surface area contributed by atoms with Crippen LogP contribution in [0.4, 0.5) is 0 Å². The van der Waals surface area contributed by atoms with E-state index in [9.17, 15) is 0 Å². The average Bonchev–Trinajstić information content (AvgIpc) is 3.11. The van der Waals surface area contributed by atoms with Gasteiger partial charge in [0.05, 0.1) is 0 Å². The SMILES string of the molecule is CCCCCCCCC1=C(C2=CCCCCC2)CCCC(C)C1(C)Cc1ccccc1. The molecular weight excluding hydrogens is 372 g/mol. The van der Waals surface area contributed by atoms with E-state index in [1.54, 1.807) is 11.1 Å². The van der Waals surface area contributed by atoms with Crippen molar-refractivity contribution in [2.75, 3.05) is 0 Å². The maximum absolute atomic E-state index is 2.64. The zero-order valence-electron chi connectivity index (χ0n) is 20.9. The van der Waals surface area contributed by atoms with Crippen LogP contribution in [-0.2, 0) is 6.42 Å². The highest BCUT2D eigenvalue weighted by molar-refractivity contribution is 5.41. The summed E-state index contributed by atoms with van der Waals surface area (Å²) in [5, 5.41) is 0. The summed E-state index contributed by atoms with van der Waals surface area (Å²) < 4.78 is 0. The minimum absolute atomic E-state index is 0.295. The molecule has 0 aliphatic heterocycles. The third kappa shape index (κ3) is 6.84. The van der Waals surface area contributed by atoms with Gasteiger partial charge in [0, 0.05) is 0 Å². The Morgan fingerprint density at radius 1 is 0.871 bits per heavy atom. The molecule has 2 atom stereocenters. The van der Waals surface area contributed by atoms with Gasteiger partial charge >= 0.3 is 0 Å². The normalized spacial score (nSPS) is 25.1. The molecule has 172 valence electrons. The van der Waals surface area contributed by atoms with E-state index in [4.69, 9.17) is 0 Å². The quantitative estimate of drug-likeness (QED) is 0.330. The topological polar surface area (TPSA) is 0 Å². The van der Waals surface area contributed by atoms with Crippen molar-refractivity contribution in [2.45, 2.75) is 124 Å². The van der Waals surface area contributed by atoms with Crippen molar-refractivity contribution in [3.63, 3.8) is 0 Å². The van der Waals surface area contributed by atoms with E-state index < -0.39 is 0 Å². The second-order valence-corrected chi connectivity index (χ2v) is 10.7. The second-order valence-electron chi connectivity index (χ2n) is 10.7. The van der Waals surface area contributed by atoms with Crippen molar-refractivity contribution in [2.24, 2.45) is 11.3 Å². The van der Waals surface area contributed by atoms with Crippen LogP contribution in [0.15, 0.2) is 53.1 Å². The van der Waals surface area contributed by atoms with E-state index in [0.717, 1.165) is 5.92 Å². The Morgan fingerprint density at radius 2 is 1.65 bits per heavy atom. The van der Waals surface area contributed by atoms with Crippen LogP contribution in [0.3, 0.4) is 0 Å². The molecular formula is C31H48. The predicted molar refractivity (Wildman–Crippen MR) is 137 cm³/mol. The van der Waals surface area contributed by atoms with E-state index in [1.165, 1.54) is 108 Å². The lowest BCUT2D eigenvalue weighted by atomic mass is 9.65. The summed E-state index contributed by atoms with van der Waals surface area (Å²) in [6.07, 6.45) is 24.5. The Morgan fingerprint density at radius 3 is 2.45 bits per heavy atom. The highest BCUT2D eigenvalue weighted by atomic mass is 14.4. The van der Waals surface area contributed by atoms with Crippen LogP contribution in [0, 0.1) is 11.3 Å². The van der Waals surface area contributed by atoms with Crippen LogP contribution in [0.2, 0.25) is 0 Å². The van der Waals surface area contributed by atoms with Gasteiger partial charge in [-0.1, -0.05) is 101 Å². The fraction of sp³-hybridized carbons (Fsp3) is 0.677. The molecule has 0 heterocycles. The van der Waals surface area contributed by atoms with Crippen LogP contribution < -0.4 is 0 Å². The lowest BCUT2D eigenvalue weighted by molar-refractivity contribution is 0.235. The van der Waals surface area contributed by atoms with E-state index in [2.05, 4.69) is 57.2 Å². The fourth-order valence-electron chi connectivity index (χ4n) is 6.16. The highest BCUT2D eigenvalue weighted by Crippen LogP contribution is 2.49. The first-order valence-corrected chi connectivity index (χ1v) is 13.6. The van der Waals surface area contributed by atoms with Crippen molar-refractivity contribution in [3.8, 4) is 0 Å². The molecule has 2 aliphatic rings. The first kappa shape index (κ1) is 24.3. The molecule has 0 radical (unpaired) electrons. The Bertz CT molecular complexity index is 707. The van der Waals surface area contributed by atoms with Crippen LogP contribution in [0.5, 0.6) is 0 Å². The van der Waals surface area contributed by atoms with Gasteiger partial charge in [-0.3, -0.25) is 0 Å². The molecule has 0 N–H and O–H groups in total. The number of unbranched alkanes of at least 4 members (excludes halogenated alkanes) is 5. The minimum Gasteiger partial charge on any atom is -0.0810 e. The van der Waals surface area contributed by atoms with E-state index in [0.29, 0.717) is 5.41 Å². The molecule has 0 nitrogen and oxygen atoms in total. The molecule has 2 aliphatic carbocycles. The predicted octanol–water partition coefficient (Wildman–Crippen LogP) is 9.99. The zero-order valence-corrected chi connectivity index (χ0v) is 20.9. The second kappa shape index (κ2) is 12.7. The minimum atomic E-state index is 0.295. The van der Waals surface area contributed by atoms with Gasteiger partial charge in [-0.25, -0.2) is 0 Å². The molecule has 0 aromatic heterocycles. The van der Waals surface area contributed by atoms with Crippen molar-refractivity contribution >= 4 is 0 Å². The maximum Gasteiger partial charge on any atom is -0.00445 e. The molecule has 0 spiro atoms. The molecule has 1 aromatic carbocycles. The Balaban J connectivity index is 1.91. The van der Waals surface area contributed by atoms with Gasteiger partial charge in [0.25, 0.3) is 0 Å². The average molecular weight is 421 g/mol. The van der Waals surface area contributed by atoms with Gasteiger partial charge < -0.3 is 0 Å². The first-order valence-electron chi connectivity index (χ1n) is 13.6. The highest BCUT2D eigenvalue weighted by Gasteiger charge is 2.38. The van der Waals surface area contributed by atoms with Gasteiger partial charge in [0.1, 0.15) is 0 Å². The van der Waals surface area contributed by atoms with E-state index in [1.807, 2.05) is 5.57 Å². The zero-order chi connectivity index (χ0) is 21.9. The maximum atomic E-state index is 2.64. The molecule has 0 heteroatoms. The molecule has 1 aromatic rings. The van der Waals surface area contributed by atoms with Crippen molar-refractivity contribution in [1.82, 2.24) is 0 Å². The van der Waals surface area contributed by atoms with Crippen molar-refractivity contribution in [1.29, 1.82) is 0 Å². The fourth-order valence-corrected chi connectivity index (χ4v) is 6.16. The van der Waals surface area contributed by atoms with Gasteiger partial charge in [-0.15, -0.1) is 0 Å². The molecule has 0 bridgehead atoms. The molecule has 0 fully saturated rings. The van der Waals surface area contributed by atoms with E-state index >= 15 is 0 Å². The Labute approximate surface area is 193 Å². The number of rotatable bonds is 10. The third-order valence-electron chi connectivity index (χ3n) is 8.33. The van der Waals surface area contributed by atoms with Crippen LogP contribution in [-0.4, -0.2) is 0 Å². The number of hydrogen-bond acceptors (Lipinski definition) is 0. The van der Waals surface area contributed by atoms with Crippen LogP contribution in [0.25, 0.3) is 0 Å². The lowest BCUT2D eigenvalue weighted by Crippen LogP contribution is -2.30. The third-order valence-corrected chi connectivity index (χ3v) is 8.33. The molecule has 0 saturated carbocycles.